The molecule has 5 heteroatoms. The van der Waals surface area contributed by atoms with Crippen LogP contribution in [0.15, 0.2) is 12.3 Å². The van der Waals surface area contributed by atoms with Crippen molar-refractivity contribution in [2.24, 2.45) is 0 Å². The topological polar surface area (TPSA) is 38.2 Å². The van der Waals surface area contributed by atoms with E-state index in [9.17, 15) is 0 Å². The summed E-state index contributed by atoms with van der Waals surface area (Å²) in [5, 5.41) is 0. The molecule has 84 valence electrons. The first-order valence-corrected chi connectivity index (χ1v) is 5.43. The third-order valence-corrected chi connectivity index (χ3v) is 1.90. The molecule has 0 spiro atoms. The van der Waals surface area contributed by atoms with Crippen molar-refractivity contribution in [3.8, 4) is 5.88 Å². The Balaban J connectivity index is 2.73. The summed E-state index contributed by atoms with van der Waals surface area (Å²) < 4.78 is 5.47. The second-order valence-electron chi connectivity index (χ2n) is 3.47. The summed E-state index contributed by atoms with van der Waals surface area (Å²) in [6.45, 7) is 4.64. The number of anilines is 1. The molecule has 0 aromatic carbocycles. The molecule has 0 saturated carbocycles. The van der Waals surface area contributed by atoms with E-state index in [0.717, 1.165) is 0 Å². The Kier molecular flexibility index (Phi) is 4.62. The number of rotatable bonds is 5. The van der Waals surface area contributed by atoms with Crippen LogP contribution in [0.2, 0.25) is 0 Å². The number of halogens is 1. The van der Waals surface area contributed by atoms with Gasteiger partial charge < -0.3 is 9.64 Å². The van der Waals surface area contributed by atoms with Crippen LogP contribution in [0.25, 0.3) is 0 Å². The predicted octanol–water partition coefficient (Wildman–Crippen LogP) is 1.94. The molecular weight excluding hydrogens is 214 g/mol. The van der Waals surface area contributed by atoms with Gasteiger partial charge in [0, 0.05) is 31.7 Å². The maximum Gasteiger partial charge on any atom is 0.228 e. The molecule has 0 amide bonds. The summed E-state index contributed by atoms with van der Waals surface area (Å²) >= 11 is 5.64. The average Bonchev–Trinajstić information content (AvgIpc) is 2.17. The van der Waals surface area contributed by atoms with E-state index >= 15 is 0 Å². The Labute approximate surface area is 95.2 Å². The number of hydrogen-bond acceptors (Lipinski definition) is 4. The first-order valence-electron chi connectivity index (χ1n) is 4.90. The highest BCUT2D eigenvalue weighted by molar-refractivity contribution is 6.18. The molecule has 0 saturated heterocycles. The third kappa shape index (κ3) is 3.91. The molecule has 1 aromatic heterocycles. The summed E-state index contributed by atoms with van der Waals surface area (Å²) in [7, 11) is 1.90. The molecule has 0 atom stereocenters. The maximum atomic E-state index is 5.64. The number of aromatic nitrogens is 2. The lowest BCUT2D eigenvalue weighted by Gasteiger charge is -2.16. The lowest BCUT2D eigenvalue weighted by Crippen LogP contribution is -2.22. The lowest BCUT2D eigenvalue weighted by atomic mass is 10.5. The van der Waals surface area contributed by atoms with Gasteiger partial charge in [0.2, 0.25) is 11.8 Å². The van der Waals surface area contributed by atoms with Gasteiger partial charge in [-0.3, -0.25) is 0 Å². The first-order chi connectivity index (χ1) is 7.13. The van der Waals surface area contributed by atoms with E-state index in [0.29, 0.717) is 24.3 Å². The van der Waals surface area contributed by atoms with Crippen molar-refractivity contribution >= 4 is 17.5 Å². The fourth-order valence-corrected chi connectivity index (χ4v) is 1.30. The van der Waals surface area contributed by atoms with Crippen LogP contribution in [0, 0.1) is 0 Å². The Morgan fingerprint density at radius 1 is 1.53 bits per heavy atom. The zero-order valence-corrected chi connectivity index (χ0v) is 10.0. The third-order valence-electron chi connectivity index (χ3n) is 1.74. The molecule has 15 heavy (non-hydrogen) atoms. The average molecular weight is 230 g/mol. The minimum atomic E-state index is 0.117. The second-order valence-corrected chi connectivity index (χ2v) is 3.85. The predicted molar refractivity (Wildman–Crippen MR) is 61.8 cm³/mol. The Morgan fingerprint density at radius 3 is 2.87 bits per heavy atom. The van der Waals surface area contributed by atoms with Crippen molar-refractivity contribution in [3.05, 3.63) is 12.3 Å². The van der Waals surface area contributed by atoms with Gasteiger partial charge in [-0.25, -0.2) is 4.98 Å². The van der Waals surface area contributed by atoms with Crippen LogP contribution in [0.3, 0.4) is 0 Å². The van der Waals surface area contributed by atoms with Crippen molar-refractivity contribution < 1.29 is 4.74 Å². The largest absolute Gasteiger partial charge is 0.475 e. The molecular formula is C10H16ClN3O. The fourth-order valence-electron chi connectivity index (χ4n) is 1.05. The van der Waals surface area contributed by atoms with E-state index in [-0.39, 0.29) is 6.10 Å². The van der Waals surface area contributed by atoms with E-state index in [4.69, 9.17) is 16.3 Å². The quantitative estimate of drug-likeness (QED) is 0.724. The van der Waals surface area contributed by atoms with Crippen LogP contribution in [0.1, 0.15) is 13.8 Å². The molecule has 0 aliphatic rings. The minimum Gasteiger partial charge on any atom is -0.475 e. The Morgan fingerprint density at radius 2 is 2.27 bits per heavy atom. The summed E-state index contributed by atoms with van der Waals surface area (Å²) in [5.74, 6) is 1.78. The van der Waals surface area contributed by atoms with Gasteiger partial charge in [0.05, 0.1) is 6.10 Å². The van der Waals surface area contributed by atoms with Crippen molar-refractivity contribution in [1.82, 2.24) is 9.97 Å². The van der Waals surface area contributed by atoms with Crippen LogP contribution in [0.4, 0.5) is 5.95 Å². The van der Waals surface area contributed by atoms with Crippen LogP contribution in [-0.2, 0) is 0 Å². The highest BCUT2D eigenvalue weighted by atomic mass is 35.5. The van der Waals surface area contributed by atoms with Gasteiger partial charge in [-0.15, -0.1) is 11.6 Å². The number of ether oxygens (including phenoxy) is 1. The van der Waals surface area contributed by atoms with Crippen LogP contribution < -0.4 is 9.64 Å². The number of alkyl halides is 1. The molecule has 0 fully saturated rings. The van der Waals surface area contributed by atoms with E-state index in [2.05, 4.69) is 9.97 Å². The van der Waals surface area contributed by atoms with E-state index in [1.807, 2.05) is 25.8 Å². The molecule has 0 aliphatic heterocycles. The van der Waals surface area contributed by atoms with Gasteiger partial charge in [0.25, 0.3) is 0 Å². The fraction of sp³-hybridized carbons (Fsp3) is 0.600. The van der Waals surface area contributed by atoms with E-state index in [1.165, 1.54) is 0 Å². The Hall–Kier alpha value is -1.03. The molecule has 1 rings (SSSR count). The molecule has 0 bridgehead atoms. The summed E-state index contributed by atoms with van der Waals surface area (Å²) in [6.07, 6.45) is 1.80. The molecule has 0 aliphatic carbocycles. The van der Waals surface area contributed by atoms with Gasteiger partial charge in [-0.1, -0.05) is 0 Å². The summed E-state index contributed by atoms with van der Waals surface area (Å²) in [6, 6.07) is 1.75. The SMILES string of the molecule is CC(C)Oc1ccnc(N(C)CCCl)n1. The maximum absolute atomic E-state index is 5.64. The van der Waals surface area contributed by atoms with Gasteiger partial charge in [-0.2, -0.15) is 4.98 Å². The van der Waals surface area contributed by atoms with Crippen LogP contribution >= 0.6 is 11.6 Å². The molecule has 0 unspecified atom stereocenters. The highest BCUT2D eigenvalue weighted by Crippen LogP contribution is 2.12. The van der Waals surface area contributed by atoms with E-state index < -0.39 is 0 Å². The smallest absolute Gasteiger partial charge is 0.228 e. The van der Waals surface area contributed by atoms with Gasteiger partial charge in [0.15, 0.2) is 0 Å². The minimum absolute atomic E-state index is 0.117. The molecule has 0 radical (unpaired) electrons. The standard InChI is InChI=1S/C10H16ClN3O/c1-8(2)15-9-4-6-12-10(13-9)14(3)7-5-11/h4,6,8H,5,7H2,1-3H3. The monoisotopic (exact) mass is 229 g/mol. The van der Waals surface area contributed by atoms with Gasteiger partial charge >= 0.3 is 0 Å². The Bertz CT molecular complexity index is 306. The molecule has 0 N–H and O–H groups in total. The van der Waals surface area contributed by atoms with Gasteiger partial charge in [0.1, 0.15) is 0 Å². The van der Waals surface area contributed by atoms with Crippen molar-refractivity contribution in [2.75, 3.05) is 24.4 Å². The summed E-state index contributed by atoms with van der Waals surface area (Å²) in [4.78, 5) is 10.3. The van der Waals surface area contributed by atoms with Crippen LogP contribution in [-0.4, -0.2) is 35.5 Å². The molecule has 1 aromatic rings. The number of nitrogens with zero attached hydrogens (tertiary/aromatic N) is 3. The summed E-state index contributed by atoms with van der Waals surface area (Å²) in [5.41, 5.74) is 0. The molecule has 1 heterocycles. The first kappa shape index (κ1) is 12.0. The van der Waals surface area contributed by atoms with E-state index in [1.54, 1.807) is 12.3 Å². The van der Waals surface area contributed by atoms with Crippen LogP contribution in [0.5, 0.6) is 5.88 Å². The zero-order valence-electron chi connectivity index (χ0n) is 9.27. The van der Waals surface area contributed by atoms with Gasteiger partial charge in [-0.05, 0) is 13.8 Å². The van der Waals surface area contributed by atoms with Crippen molar-refractivity contribution in [1.29, 1.82) is 0 Å². The molecule has 4 nitrogen and oxygen atoms in total. The van der Waals surface area contributed by atoms with Crippen molar-refractivity contribution in [3.63, 3.8) is 0 Å². The zero-order chi connectivity index (χ0) is 11.3. The van der Waals surface area contributed by atoms with Crippen molar-refractivity contribution in [2.45, 2.75) is 20.0 Å². The lowest BCUT2D eigenvalue weighted by molar-refractivity contribution is 0.232. The normalized spacial score (nSPS) is 10.5. The second kappa shape index (κ2) is 5.75. The highest BCUT2D eigenvalue weighted by Gasteiger charge is 2.05. The number of hydrogen-bond donors (Lipinski definition) is 0.